The second kappa shape index (κ2) is 8.49. The average molecular weight is 409 g/mol. The van der Waals surface area contributed by atoms with Gasteiger partial charge in [0.15, 0.2) is 0 Å². The predicted octanol–water partition coefficient (Wildman–Crippen LogP) is 4.02. The molecule has 4 rings (SSSR count). The minimum absolute atomic E-state index is 0.0551. The zero-order valence-corrected chi connectivity index (χ0v) is 16.5. The van der Waals surface area contributed by atoms with Crippen molar-refractivity contribution in [2.45, 2.75) is 12.8 Å². The van der Waals surface area contributed by atoms with Gasteiger partial charge in [-0.05, 0) is 37.1 Å². The molecular weight excluding hydrogens is 388 g/mol. The monoisotopic (exact) mass is 408 g/mol. The van der Waals surface area contributed by atoms with Gasteiger partial charge in [-0.15, -0.1) is 0 Å². The lowest BCUT2D eigenvalue weighted by molar-refractivity contribution is -0.121. The third-order valence-electron chi connectivity index (χ3n) is 5.05. The summed E-state index contributed by atoms with van der Waals surface area (Å²) >= 11 is 6.22. The van der Waals surface area contributed by atoms with Crippen LogP contribution in [0.2, 0.25) is 5.02 Å². The van der Waals surface area contributed by atoms with Crippen molar-refractivity contribution in [1.82, 2.24) is 14.7 Å². The number of para-hydroxylation sites is 2. The Kier molecular flexibility index (Phi) is 5.62. The predicted molar refractivity (Wildman–Crippen MR) is 112 cm³/mol. The zero-order chi connectivity index (χ0) is 20.2. The van der Waals surface area contributed by atoms with Crippen molar-refractivity contribution >= 4 is 29.1 Å². The largest absolute Gasteiger partial charge is 0.338 e. The number of anilines is 1. The van der Waals surface area contributed by atoms with Crippen LogP contribution in [-0.2, 0) is 4.79 Å². The number of piperidine rings is 1. The number of hydrogen-bond donors (Lipinski definition) is 1. The fraction of sp³-hybridized carbons (Fsp3) is 0.227. The van der Waals surface area contributed by atoms with Gasteiger partial charge < -0.3 is 10.2 Å². The molecule has 1 N–H and O–H groups in total. The maximum Gasteiger partial charge on any atom is 0.257 e. The van der Waals surface area contributed by atoms with E-state index in [2.05, 4.69) is 10.4 Å². The second-order valence-electron chi connectivity index (χ2n) is 7.07. The Morgan fingerprint density at radius 2 is 1.83 bits per heavy atom. The lowest BCUT2D eigenvalue weighted by atomic mass is 9.96. The fourth-order valence-corrected chi connectivity index (χ4v) is 3.75. The quantitative estimate of drug-likeness (QED) is 0.709. The molecule has 1 aromatic heterocycles. The van der Waals surface area contributed by atoms with Crippen LogP contribution in [0.3, 0.4) is 0 Å². The fourth-order valence-electron chi connectivity index (χ4n) is 3.53. The number of rotatable bonds is 4. The highest BCUT2D eigenvalue weighted by molar-refractivity contribution is 6.32. The molecule has 1 aliphatic heterocycles. The summed E-state index contributed by atoms with van der Waals surface area (Å²) in [6, 6.07) is 16.7. The van der Waals surface area contributed by atoms with Crippen LogP contribution in [0.5, 0.6) is 0 Å². The number of carbonyl (C=O) groups is 2. The third kappa shape index (κ3) is 4.32. The van der Waals surface area contributed by atoms with E-state index in [4.69, 9.17) is 11.6 Å². The van der Waals surface area contributed by atoms with E-state index < -0.39 is 0 Å². The molecule has 7 heteroatoms. The molecule has 2 aromatic carbocycles. The third-order valence-corrected chi connectivity index (χ3v) is 5.37. The number of amides is 2. The van der Waals surface area contributed by atoms with Gasteiger partial charge in [0, 0.05) is 25.0 Å². The van der Waals surface area contributed by atoms with Gasteiger partial charge in [0.1, 0.15) is 0 Å². The maximum absolute atomic E-state index is 13.0. The molecule has 148 valence electrons. The molecule has 0 bridgehead atoms. The van der Waals surface area contributed by atoms with Crippen LogP contribution in [-0.4, -0.2) is 39.6 Å². The number of nitrogens with one attached hydrogen (secondary N) is 1. The van der Waals surface area contributed by atoms with Crippen molar-refractivity contribution in [1.29, 1.82) is 0 Å². The highest BCUT2D eigenvalue weighted by Gasteiger charge is 2.29. The van der Waals surface area contributed by atoms with E-state index in [1.807, 2.05) is 48.5 Å². The zero-order valence-electron chi connectivity index (χ0n) is 15.8. The Hall–Kier alpha value is -3.12. The Labute approximate surface area is 174 Å². The summed E-state index contributed by atoms with van der Waals surface area (Å²) < 4.78 is 1.60. The Bertz CT molecular complexity index is 1020. The smallest absolute Gasteiger partial charge is 0.257 e. The Balaban J connectivity index is 1.44. The first-order chi connectivity index (χ1) is 14.1. The summed E-state index contributed by atoms with van der Waals surface area (Å²) in [6.07, 6.45) is 4.77. The van der Waals surface area contributed by atoms with E-state index >= 15 is 0 Å². The molecule has 0 spiro atoms. The topological polar surface area (TPSA) is 67.2 Å². The minimum atomic E-state index is -0.230. The summed E-state index contributed by atoms with van der Waals surface area (Å²) in [4.78, 5) is 27.3. The van der Waals surface area contributed by atoms with Crippen LogP contribution >= 0.6 is 11.6 Å². The van der Waals surface area contributed by atoms with Crippen LogP contribution in [0.15, 0.2) is 67.0 Å². The Morgan fingerprint density at radius 1 is 1.07 bits per heavy atom. The van der Waals surface area contributed by atoms with Crippen LogP contribution < -0.4 is 5.32 Å². The molecule has 0 radical (unpaired) electrons. The molecule has 1 aliphatic rings. The molecule has 2 heterocycles. The van der Waals surface area contributed by atoms with Crippen molar-refractivity contribution in [2.24, 2.45) is 5.92 Å². The summed E-state index contributed by atoms with van der Waals surface area (Å²) in [5, 5.41) is 7.77. The van der Waals surface area contributed by atoms with E-state index in [0.29, 0.717) is 29.4 Å². The maximum atomic E-state index is 13.0. The number of hydrogen-bond acceptors (Lipinski definition) is 3. The lowest BCUT2D eigenvalue weighted by Gasteiger charge is -2.31. The molecule has 6 nitrogen and oxygen atoms in total. The van der Waals surface area contributed by atoms with E-state index in [1.54, 1.807) is 28.0 Å². The molecular formula is C22H21ClN4O2. The first kappa shape index (κ1) is 19.2. The SMILES string of the molecule is O=C(Nc1ccccc1)C1CCCN(C(=O)c2cnn(-c3ccccc3Cl)c2)C1. The number of likely N-dealkylation sites (tertiary alicyclic amines) is 1. The summed E-state index contributed by atoms with van der Waals surface area (Å²) in [5.41, 5.74) is 1.96. The van der Waals surface area contributed by atoms with Crippen molar-refractivity contribution in [3.63, 3.8) is 0 Å². The molecule has 1 saturated heterocycles. The molecule has 0 saturated carbocycles. The van der Waals surface area contributed by atoms with Crippen molar-refractivity contribution in [3.8, 4) is 5.69 Å². The first-order valence-corrected chi connectivity index (χ1v) is 9.94. The average Bonchev–Trinajstić information content (AvgIpc) is 3.24. The van der Waals surface area contributed by atoms with E-state index in [0.717, 1.165) is 18.5 Å². The molecule has 3 aromatic rings. The number of nitrogens with zero attached hydrogens (tertiary/aromatic N) is 3. The van der Waals surface area contributed by atoms with Gasteiger partial charge in [0.25, 0.3) is 5.91 Å². The van der Waals surface area contributed by atoms with Gasteiger partial charge >= 0.3 is 0 Å². The number of carbonyl (C=O) groups excluding carboxylic acids is 2. The van der Waals surface area contributed by atoms with Crippen LogP contribution in [0.4, 0.5) is 5.69 Å². The first-order valence-electron chi connectivity index (χ1n) is 9.56. The normalized spacial score (nSPS) is 16.4. The molecule has 1 fully saturated rings. The molecule has 0 aliphatic carbocycles. The van der Waals surface area contributed by atoms with Crippen molar-refractivity contribution in [3.05, 3.63) is 77.6 Å². The van der Waals surface area contributed by atoms with Crippen LogP contribution in [0.25, 0.3) is 5.69 Å². The van der Waals surface area contributed by atoms with Gasteiger partial charge in [-0.25, -0.2) is 4.68 Å². The van der Waals surface area contributed by atoms with Crippen molar-refractivity contribution in [2.75, 3.05) is 18.4 Å². The second-order valence-corrected chi connectivity index (χ2v) is 7.48. The van der Waals surface area contributed by atoms with Crippen LogP contribution in [0, 0.1) is 5.92 Å². The standard InChI is InChI=1S/C22H21ClN4O2/c23-19-10-4-5-11-20(19)27-15-17(13-24-27)22(29)26-12-6-7-16(14-26)21(28)25-18-8-2-1-3-9-18/h1-5,8-11,13,15-16H,6-7,12,14H2,(H,25,28). The number of aromatic nitrogens is 2. The lowest BCUT2D eigenvalue weighted by Crippen LogP contribution is -2.43. The van der Waals surface area contributed by atoms with Crippen molar-refractivity contribution < 1.29 is 9.59 Å². The van der Waals surface area contributed by atoms with Gasteiger partial charge in [-0.3, -0.25) is 9.59 Å². The summed E-state index contributed by atoms with van der Waals surface area (Å²) in [5.74, 6) is -0.410. The molecule has 29 heavy (non-hydrogen) atoms. The number of halogens is 1. The van der Waals surface area contributed by atoms with Crippen LogP contribution in [0.1, 0.15) is 23.2 Å². The van der Waals surface area contributed by atoms with Gasteiger partial charge in [0.2, 0.25) is 5.91 Å². The molecule has 1 unspecified atom stereocenters. The van der Waals surface area contributed by atoms with E-state index in [-0.39, 0.29) is 17.7 Å². The summed E-state index contributed by atoms with van der Waals surface area (Å²) in [6.45, 7) is 1.03. The highest BCUT2D eigenvalue weighted by Crippen LogP contribution is 2.22. The summed E-state index contributed by atoms with van der Waals surface area (Å²) in [7, 11) is 0. The minimum Gasteiger partial charge on any atom is -0.338 e. The molecule has 2 amide bonds. The van der Waals surface area contributed by atoms with Gasteiger partial charge in [-0.2, -0.15) is 5.10 Å². The van der Waals surface area contributed by atoms with Gasteiger partial charge in [0.05, 0.1) is 28.4 Å². The molecule has 1 atom stereocenters. The number of benzene rings is 2. The van der Waals surface area contributed by atoms with E-state index in [9.17, 15) is 9.59 Å². The van der Waals surface area contributed by atoms with E-state index in [1.165, 1.54) is 0 Å². The highest BCUT2D eigenvalue weighted by atomic mass is 35.5. The van der Waals surface area contributed by atoms with Gasteiger partial charge in [-0.1, -0.05) is 41.9 Å². The Morgan fingerprint density at radius 3 is 2.62 bits per heavy atom.